The van der Waals surface area contributed by atoms with E-state index in [9.17, 15) is 17.6 Å². The first-order valence-electron chi connectivity index (χ1n) is 7.12. The van der Waals surface area contributed by atoms with Crippen molar-refractivity contribution in [2.75, 3.05) is 18.0 Å². The highest BCUT2D eigenvalue weighted by molar-refractivity contribution is 5.54. The Bertz CT molecular complexity index is 446. The SMILES string of the molecule is CCCN(CC(F)(F)F)c1ccc(F)cc1CC(N)CC. The summed E-state index contributed by atoms with van der Waals surface area (Å²) >= 11 is 0. The van der Waals surface area contributed by atoms with Crippen LogP contribution >= 0.6 is 0 Å². The predicted molar refractivity (Wildman–Crippen MR) is 76.9 cm³/mol. The lowest BCUT2D eigenvalue weighted by Gasteiger charge is -2.28. The molecule has 0 heterocycles. The summed E-state index contributed by atoms with van der Waals surface area (Å²) in [5.41, 5.74) is 6.81. The van der Waals surface area contributed by atoms with Crippen molar-refractivity contribution in [3.8, 4) is 0 Å². The van der Waals surface area contributed by atoms with Crippen LogP contribution in [0.3, 0.4) is 0 Å². The van der Waals surface area contributed by atoms with Crippen LogP contribution in [0, 0.1) is 5.82 Å². The van der Waals surface area contributed by atoms with E-state index in [-0.39, 0.29) is 12.6 Å². The van der Waals surface area contributed by atoms with Crippen molar-refractivity contribution in [2.45, 2.75) is 45.3 Å². The van der Waals surface area contributed by atoms with Crippen molar-refractivity contribution >= 4 is 5.69 Å². The van der Waals surface area contributed by atoms with Crippen molar-refractivity contribution < 1.29 is 17.6 Å². The molecule has 0 aliphatic rings. The second kappa shape index (κ2) is 7.64. The lowest BCUT2D eigenvalue weighted by molar-refractivity contribution is -0.119. The molecule has 0 fully saturated rings. The highest BCUT2D eigenvalue weighted by atomic mass is 19.4. The van der Waals surface area contributed by atoms with Gasteiger partial charge in [0.25, 0.3) is 0 Å². The molecule has 21 heavy (non-hydrogen) atoms. The van der Waals surface area contributed by atoms with Gasteiger partial charge in [-0.25, -0.2) is 4.39 Å². The van der Waals surface area contributed by atoms with Crippen LogP contribution in [0.15, 0.2) is 18.2 Å². The fourth-order valence-corrected chi connectivity index (χ4v) is 2.22. The van der Waals surface area contributed by atoms with E-state index in [1.54, 1.807) is 0 Å². The van der Waals surface area contributed by atoms with Crippen molar-refractivity contribution in [1.29, 1.82) is 0 Å². The Balaban J connectivity index is 3.10. The maximum absolute atomic E-state index is 13.4. The number of nitrogens with zero attached hydrogens (tertiary/aromatic N) is 1. The van der Waals surface area contributed by atoms with Gasteiger partial charge in [-0.15, -0.1) is 0 Å². The van der Waals surface area contributed by atoms with Gasteiger partial charge in [0.2, 0.25) is 0 Å². The third kappa shape index (κ3) is 5.91. The van der Waals surface area contributed by atoms with Gasteiger partial charge in [0, 0.05) is 18.3 Å². The highest BCUT2D eigenvalue weighted by Gasteiger charge is 2.31. The maximum atomic E-state index is 13.4. The summed E-state index contributed by atoms with van der Waals surface area (Å²) in [4.78, 5) is 1.25. The van der Waals surface area contributed by atoms with Gasteiger partial charge >= 0.3 is 6.18 Å². The summed E-state index contributed by atoms with van der Waals surface area (Å²) in [6.45, 7) is 2.92. The standard InChI is InChI=1S/C15H22F4N2/c1-3-7-21(10-15(17,18)19)14-6-5-12(16)8-11(14)9-13(20)4-2/h5-6,8,13H,3-4,7,9-10,20H2,1-2H3. The minimum atomic E-state index is -4.30. The summed E-state index contributed by atoms with van der Waals surface area (Å²) in [7, 11) is 0. The number of hydrogen-bond acceptors (Lipinski definition) is 2. The van der Waals surface area contributed by atoms with Gasteiger partial charge in [-0.3, -0.25) is 0 Å². The Morgan fingerprint density at radius 1 is 1.24 bits per heavy atom. The van der Waals surface area contributed by atoms with Crippen LogP contribution in [0.1, 0.15) is 32.3 Å². The van der Waals surface area contributed by atoms with Crippen LogP contribution in [-0.4, -0.2) is 25.3 Å². The molecular formula is C15H22F4N2. The summed E-state index contributed by atoms with van der Waals surface area (Å²) in [5.74, 6) is -0.458. The minimum absolute atomic E-state index is 0.195. The lowest BCUT2D eigenvalue weighted by Crippen LogP contribution is -2.36. The molecule has 1 aromatic rings. The smallest absolute Gasteiger partial charge is 0.362 e. The normalized spacial score (nSPS) is 13.3. The fourth-order valence-electron chi connectivity index (χ4n) is 2.22. The van der Waals surface area contributed by atoms with Gasteiger partial charge in [-0.05, 0) is 43.0 Å². The average molecular weight is 306 g/mol. The molecule has 0 spiro atoms. The van der Waals surface area contributed by atoms with Crippen molar-refractivity contribution in [3.63, 3.8) is 0 Å². The van der Waals surface area contributed by atoms with Crippen LogP contribution in [0.25, 0.3) is 0 Å². The van der Waals surface area contributed by atoms with Gasteiger partial charge < -0.3 is 10.6 Å². The number of benzene rings is 1. The summed E-state index contributed by atoms with van der Waals surface area (Å²) in [5, 5.41) is 0. The summed E-state index contributed by atoms with van der Waals surface area (Å²) in [6.07, 6.45) is -2.68. The van der Waals surface area contributed by atoms with Crippen LogP contribution in [0.5, 0.6) is 0 Å². The Kier molecular flexibility index (Phi) is 6.45. The number of halogens is 4. The third-order valence-electron chi connectivity index (χ3n) is 3.25. The molecule has 0 aliphatic heterocycles. The van der Waals surface area contributed by atoms with Gasteiger partial charge in [-0.1, -0.05) is 13.8 Å². The number of rotatable bonds is 7. The molecular weight excluding hydrogens is 284 g/mol. The molecule has 0 bridgehead atoms. The highest BCUT2D eigenvalue weighted by Crippen LogP contribution is 2.27. The Hall–Kier alpha value is -1.30. The van der Waals surface area contributed by atoms with Crippen LogP contribution in [-0.2, 0) is 6.42 Å². The van der Waals surface area contributed by atoms with Gasteiger partial charge in [0.1, 0.15) is 12.4 Å². The minimum Gasteiger partial charge on any atom is -0.362 e. The molecule has 0 amide bonds. The largest absolute Gasteiger partial charge is 0.405 e. The van der Waals surface area contributed by atoms with Crippen LogP contribution < -0.4 is 10.6 Å². The molecule has 0 aromatic heterocycles. The van der Waals surface area contributed by atoms with E-state index in [1.807, 2.05) is 13.8 Å². The molecule has 1 atom stereocenters. The summed E-state index contributed by atoms with van der Waals surface area (Å²) < 4.78 is 51.5. The zero-order valence-corrected chi connectivity index (χ0v) is 12.4. The Labute approximate surface area is 122 Å². The van der Waals surface area contributed by atoms with Crippen molar-refractivity contribution in [3.05, 3.63) is 29.6 Å². The number of hydrogen-bond donors (Lipinski definition) is 1. The fraction of sp³-hybridized carbons (Fsp3) is 0.600. The van der Waals surface area contributed by atoms with Gasteiger partial charge in [-0.2, -0.15) is 13.2 Å². The zero-order valence-electron chi connectivity index (χ0n) is 12.4. The van der Waals surface area contributed by atoms with E-state index in [2.05, 4.69) is 0 Å². The first-order valence-corrected chi connectivity index (χ1v) is 7.12. The second-order valence-corrected chi connectivity index (χ2v) is 5.18. The molecule has 0 saturated carbocycles. The second-order valence-electron chi connectivity index (χ2n) is 5.18. The van der Waals surface area contributed by atoms with Crippen molar-refractivity contribution in [1.82, 2.24) is 0 Å². The monoisotopic (exact) mass is 306 g/mol. The quantitative estimate of drug-likeness (QED) is 0.775. The van der Waals surface area contributed by atoms with Crippen molar-refractivity contribution in [2.24, 2.45) is 5.73 Å². The Morgan fingerprint density at radius 2 is 1.90 bits per heavy atom. The van der Waals surface area contributed by atoms with Gasteiger partial charge in [0.05, 0.1) is 0 Å². The van der Waals surface area contributed by atoms with Crippen LogP contribution in [0.2, 0.25) is 0 Å². The van der Waals surface area contributed by atoms with Crippen LogP contribution in [0.4, 0.5) is 23.2 Å². The first-order chi connectivity index (χ1) is 9.76. The third-order valence-corrected chi connectivity index (χ3v) is 3.25. The number of nitrogens with two attached hydrogens (primary N) is 1. The topological polar surface area (TPSA) is 29.3 Å². The van der Waals surface area contributed by atoms with E-state index in [1.165, 1.54) is 23.1 Å². The average Bonchev–Trinajstić information content (AvgIpc) is 2.36. The molecule has 2 nitrogen and oxygen atoms in total. The lowest BCUT2D eigenvalue weighted by atomic mass is 10.0. The molecule has 120 valence electrons. The van der Waals surface area contributed by atoms with E-state index in [4.69, 9.17) is 5.73 Å². The van der Waals surface area contributed by atoms with E-state index >= 15 is 0 Å². The molecule has 0 saturated heterocycles. The van der Waals surface area contributed by atoms with E-state index < -0.39 is 18.5 Å². The number of alkyl halides is 3. The molecule has 1 unspecified atom stereocenters. The molecule has 6 heteroatoms. The van der Waals surface area contributed by atoms with E-state index in [0.717, 1.165) is 0 Å². The van der Waals surface area contributed by atoms with Gasteiger partial charge in [0.15, 0.2) is 0 Å². The molecule has 1 rings (SSSR count). The molecule has 0 radical (unpaired) electrons. The molecule has 0 aliphatic carbocycles. The van der Waals surface area contributed by atoms with E-state index in [0.29, 0.717) is 30.5 Å². The maximum Gasteiger partial charge on any atom is 0.405 e. The first kappa shape index (κ1) is 17.8. The number of anilines is 1. The predicted octanol–water partition coefficient (Wildman–Crippen LogP) is 3.88. The summed E-state index contributed by atoms with van der Waals surface area (Å²) in [6, 6.07) is 3.69. The molecule has 2 N–H and O–H groups in total. The zero-order chi connectivity index (χ0) is 16.0. The Morgan fingerprint density at radius 3 is 2.43 bits per heavy atom. The molecule has 1 aromatic carbocycles.